The molecule has 1 heterocycles. The number of benzene rings is 1. The molecule has 2 rings (SSSR count). The van der Waals surface area contributed by atoms with Crippen molar-refractivity contribution in [2.45, 2.75) is 26.8 Å². The van der Waals surface area contributed by atoms with Crippen LogP contribution in [-0.2, 0) is 13.0 Å². The second kappa shape index (κ2) is 5.08. The molecule has 5 nitrogen and oxygen atoms in total. The lowest BCUT2D eigenvalue weighted by Crippen LogP contribution is -2.25. The summed E-state index contributed by atoms with van der Waals surface area (Å²) < 4.78 is 2.14. The van der Waals surface area contributed by atoms with E-state index in [1.165, 1.54) is 0 Å². The number of imidazole rings is 1. The maximum atomic E-state index is 8.71. The molecule has 5 heteroatoms. The Morgan fingerprint density at radius 2 is 2.22 bits per heavy atom. The molecule has 0 amide bonds. The molecule has 1 aromatic heterocycles. The van der Waals surface area contributed by atoms with Gasteiger partial charge in [0.15, 0.2) is 0 Å². The zero-order valence-corrected chi connectivity index (χ0v) is 10.7. The Labute approximate surface area is 106 Å². The van der Waals surface area contributed by atoms with Crippen LogP contribution in [0.1, 0.15) is 19.7 Å². The standard InChI is InChI=1S/C13H18N4O/c1-3-12-15-10-6-4-5-7-11(10)17(12)8-9(2)13(14)16-18/h4-7,9,18H,3,8H2,1-2H3,(H2,14,16). The highest BCUT2D eigenvalue weighted by Crippen LogP contribution is 2.18. The highest BCUT2D eigenvalue weighted by Gasteiger charge is 2.14. The first kappa shape index (κ1) is 12.4. The van der Waals surface area contributed by atoms with E-state index in [1.54, 1.807) is 0 Å². The third-order valence-corrected chi connectivity index (χ3v) is 3.13. The van der Waals surface area contributed by atoms with Gasteiger partial charge in [-0.2, -0.15) is 0 Å². The molecule has 18 heavy (non-hydrogen) atoms. The largest absolute Gasteiger partial charge is 0.409 e. The number of oxime groups is 1. The lowest BCUT2D eigenvalue weighted by atomic mass is 10.1. The summed E-state index contributed by atoms with van der Waals surface area (Å²) in [5.74, 6) is 1.24. The maximum Gasteiger partial charge on any atom is 0.143 e. The fourth-order valence-electron chi connectivity index (χ4n) is 2.06. The Hall–Kier alpha value is -2.04. The van der Waals surface area contributed by atoms with E-state index in [9.17, 15) is 0 Å². The third kappa shape index (κ3) is 2.16. The summed E-state index contributed by atoms with van der Waals surface area (Å²) in [4.78, 5) is 4.59. The van der Waals surface area contributed by atoms with Crippen LogP contribution in [0.15, 0.2) is 29.4 Å². The van der Waals surface area contributed by atoms with Crippen molar-refractivity contribution in [2.75, 3.05) is 0 Å². The average molecular weight is 246 g/mol. The van der Waals surface area contributed by atoms with Gasteiger partial charge in [-0.1, -0.05) is 31.1 Å². The summed E-state index contributed by atoms with van der Waals surface area (Å²) in [6.45, 7) is 4.68. The average Bonchev–Trinajstić information content (AvgIpc) is 2.76. The van der Waals surface area contributed by atoms with Crippen molar-refractivity contribution in [1.29, 1.82) is 0 Å². The van der Waals surface area contributed by atoms with Crippen LogP contribution in [0.3, 0.4) is 0 Å². The Balaban J connectivity index is 2.42. The van der Waals surface area contributed by atoms with Crippen LogP contribution in [0.4, 0.5) is 0 Å². The van der Waals surface area contributed by atoms with E-state index >= 15 is 0 Å². The lowest BCUT2D eigenvalue weighted by molar-refractivity contribution is 0.313. The molecule has 0 spiro atoms. The van der Waals surface area contributed by atoms with Crippen molar-refractivity contribution in [3.05, 3.63) is 30.1 Å². The van der Waals surface area contributed by atoms with E-state index < -0.39 is 0 Å². The third-order valence-electron chi connectivity index (χ3n) is 3.13. The number of aryl methyl sites for hydroxylation is 1. The molecule has 0 saturated carbocycles. The highest BCUT2D eigenvalue weighted by molar-refractivity contribution is 5.82. The molecule has 0 fully saturated rings. The predicted molar refractivity (Wildman–Crippen MR) is 71.7 cm³/mol. The number of hydrogen-bond donors (Lipinski definition) is 2. The summed E-state index contributed by atoms with van der Waals surface area (Å²) >= 11 is 0. The van der Waals surface area contributed by atoms with Crippen LogP contribution >= 0.6 is 0 Å². The van der Waals surface area contributed by atoms with Gasteiger partial charge in [-0.15, -0.1) is 0 Å². The number of para-hydroxylation sites is 2. The first-order chi connectivity index (χ1) is 8.67. The lowest BCUT2D eigenvalue weighted by Gasteiger charge is -2.13. The molecule has 0 saturated heterocycles. The van der Waals surface area contributed by atoms with Gasteiger partial charge in [0.2, 0.25) is 0 Å². The minimum Gasteiger partial charge on any atom is -0.409 e. The van der Waals surface area contributed by atoms with Crippen molar-refractivity contribution in [3.63, 3.8) is 0 Å². The van der Waals surface area contributed by atoms with Gasteiger partial charge in [0.05, 0.1) is 11.0 Å². The fraction of sp³-hybridized carbons (Fsp3) is 0.385. The highest BCUT2D eigenvalue weighted by atomic mass is 16.4. The molecule has 0 aliphatic carbocycles. The summed E-state index contributed by atoms with van der Waals surface area (Å²) in [6.07, 6.45) is 0.859. The number of nitrogens with two attached hydrogens (primary N) is 1. The summed E-state index contributed by atoms with van der Waals surface area (Å²) in [7, 11) is 0. The number of aromatic nitrogens is 2. The normalized spacial score (nSPS) is 14.0. The molecule has 96 valence electrons. The van der Waals surface area contributed by atoms with E-state index in [2.05, 4.69) is 21.6 Å². The Morgan fingerprint density at radius 3 is 2.89 bits per heavy atom. The van der Waals surface area contributed by atoms with E-state index in [-0.39, 0.29) is 11.8 Å². The van der Waals surface area contributed by atoms with Gasteiger partial charge in [0.1, 0.15) is 11.7 Å². The van der Waals surface area contributed by atoms with Crippen molar-refractivity contribution >= 4 is 16.9 Å². The number of fused-ring (bicyclic) bond motifs is 1. The molecule has 1 unspecified atom stereocenters. The second-order valence-electron chi connectivity index (χ2n) is 4.41. The number of nitrogens with zero attached hydrogens (tertiary/aromatic N) is 3. The van der Waals surface area contributed by atoms with Gasteiger partial charge >= 0.3 is 0 Å². The quantitative estimate of drug-likeness (QED) is 0.375. The Morgan fingerprint density at radius 1 is 1.50 bits per heavy atom. The van der Waals surface area contributed by atoms with Crippen molar-refractivity contribution in [1.82, 2.24) is 9.55 Å². The number of hydrogen-bond acceptors (Lipinski definition) is 3. The molecule has 2 aromatic rings. The van der Waals surface area contributed by atoms with Gasteiger partial charge in [-0.3, -0.25) is 0 Å². The molecule has 1 aromatic carbocycles. The van der Waals surface area contributed by atoms with Crippen molar-refractivity contribution in [2.24, 2.45) is 16.8 Å². The smallest absolute Gasteiger partial charge is 0.143 e. The van der Waals surface area contributed by atoms with Crippen LogP contribution in [0.5, 0.6) is 0 Å². The molecular formula is C13H18N4O. The van der Waals surface area contributed by atoms with Crippen LogP contribution in [0.2, 0.25) is 0 Å². The van der Waals surface area contributed by atoms with Crippen LogP contribution in [0, 0.1) is 5.92 Å². The molecule has 0 aliphatic heterocycles. The summed E-state index contributed by atoms with van der Waals surface area (Å²) in [5, 5.41) is 11.8. The zero-order chi connectivity index (χ0) is 13.1. The van der Waals surface area contributed by atoms with Gasteiger partial charge in [-0.25, -0.2) is 4.98 Å². The van der Waals surface area contributed by atoms with E-state index in [1.807, 2.05) is 31.2 Å². The first-order valence-electron chi connectivity index (χ1n) is 6.09. The molecule has 0 radical (unpaired) electrons. The van der Waals surface area contributed by atoms with Gasteiger partial charge in [0.25, 0.3) is 0 Å². The van der Waals surface area contributed by atoms with Crippen molar-refractivity contribution < 1.29 is 5.21 Å². The zero-order valence-electron chi connectivity index (χ0n) is 10.7. The Kier molecular flexibility index (Phi) is 3.50. The molecule has 0 bridgehead atoms. The fourth-order valence-corrected chi connectivity index (χ4v) is 2.06. The van der Waals surface area contributed by atoms with Gasteiger partial charge < -0.3 is 15.5 Å². The van der Waals surface area contributed by atoms with Gasteiger partial charge in [-0.05, 0) is 12.1 Å². The van der Waals surface area contributed by atoms with Crippen LogP contribution in [-0.4, -0.2) is 20.6 Å². The monoisotopic (exact) mass is 246 g/mol. The SMILES string of the molecule is CCc1nc2ccccc2n1CC(C)C(N)=NO. The van der Waals surface area contributed by atoms with E-state index in [0.29, 0.717) is 6.54 Å². The summed E-state index contributed by atoms with van der Waals surface area (Å²) in [6, 6.07) is 8.01. The second-order valence-corrected chi connectivity index (χ2v) is 4.41. The topological polar surface area (TPSA) is 76.4 Å². The summed E-state index contributed by atoms with van der Waals surface area (Å²) in [5.41, 5.74) is 7.71. The molecule has 1 atom stereocenters. The van der Waals surface area contributed by atoms with Crippen molar-refractivity contribution in [3.8, 4) is 0 Å². The number of rotatable bonds is 4. The van der Waals surface area contributed by atoms with Crippen LogP contribution < -0.4 is 5.73 Å². The molecular weight excluding hydrogens is 228 g/mol. The molecule has 0 aliphatic rings. The predicted octanol–water partition coefficient (Wildman–Crippen LogP) is 1.98. The van der Waals surface area contributed by atoms with Crippen LogP contribution in [0.25, 0.3) is 11.0 Å². The first-order valence-corrected chi connectivity index (χ1v) is 6.09. The molecule has 3 N–H and O–H groups in total. The maximum absolute atomic E-state index is 8.71. The van der Waals surface area contributed by atoms with E-state index in [4.69, 9.17) is 10.9 Å². The number of amidine groups is 1. The van der Waals surface area contributed by atoms with Gasteiger partial charge in [0, 0.05) is 18.9 Å². The van der Waals surface area contributed by atoms with E-state index in [0.717, 1.165) is 23.3 Å². The minimum atomic E-state index is -0.0297. The Bertz CT molecular complexity index is 573. The minimum absolute atomic E-state index is 0.0297.